The van der Waals surface area contributed by atoms with Crippen LogP contribution < -0.4 is 0 Å². The Morgan fingerprint density at radius 1 is 1.42 bits per heavy atom. The summed E-state index contributed by atoms with van der Waals surface area (Å²) in [6.07, 6.45) is -7.55. The summed E-state index contributed by atoms with van der Waals surface area (Å²) in [5, 5.41) is 26.2. The van der Waals surface area contributed by atoms with Gasteiger partial charge in [0.2, 0.25) is 0 Å². The van der Waals surface area contributed by atoms with Crippen molar-refractivity contribution in [2.24, 2.45) is 0 Å². The first-order valence-corrected chi connectivity index (χ1v) is 3.16. The molecule has 0 spiro atoms. The van der Waals surface area contributed by atoms with Crippen LogP contribution in [0.3, 0.4) is 0 Å². The third kappa shape index (κ3) is 2.20. The largest absolute Gasteiger partial charge is 0.387 e. The van der Waals surface area contributed by atoms with Crippen LogP contribution in [0.1, 0.15) is 6.92 Å². The van der Waals surface area contributed by atoms with E-state index in [1.54, 1.807) is 0 Å². The van der Waals surface area contributed by atoms with Gasteiger partial charge in [0.25, 0.3) is 6.43 Å². The van der Waals surface area contributed by atoms with E-state index < -0.39 is 24.2 Å². The fraction of sp³-hybridized carbons (Fsp3) is 0.833. The van der Waals surface area contributed by atoms with Crippen LogP contribution in [0.15, 0.2) is 0 Å². The average Bonchev–Trinajstić information content (AvgIpc) is 2.01. The molecule has 0 aliphatic rings. The Balaban J connectivity index is 4.44. The van der Waals surface area contributed by atoms with Gasteiger partial charge in [0.15, 0.2) is 11.9 Å². The van der Waals surface area contributed by atoms with E-state index in [0.29, 0.717) is 6.92 Å². The summed E-state index contributed by atoms with van der Waals surface area (Å²) in [6, 6.07) is 0. The van der Waals surface area contributed by atoms with Gasteiger partial charge in [-0.1, -0.05) is 0 Å². The maximum Gasteiger partial charge on any atom is 0.269 e. The lowest BCUT2D eigenvalue weighted by Crippen LogP contribution is -2.52. The van der Waals surface area contributed by atoms with Crippen LogP contribution in [0.2, 0.25) is 0 Å². The van der Waals surface area contributed by atoms with Gasteiger partial charge in [0.1, 0.15) is 12.2 Å². The average molecular weight is 184 g/mol. The van der Waals surface area contributed by atoms with Crippen molar-refractivity contribution < 1.29 is 28.9 Å². The zero-order chi connectivity index (χ0) is 9.94. The Morgan fingerprint density at radius 2 is 1.83 bits per heavy atom. The van der Waals surface area contributed by atoms with Gasteiger partial charge in [-0.3, -0.25) is 0 Å². The van der Waals surface area contributed by atoms with Crippen LogP contribution in [0, 0.1) is 0 Å². The lowest BCUT2D eigenvalue weighted by Gasteiger charge is -2.29. The van der Waals surface area contributed by atoms with Crippen molar-refractivity contribution in [2.45, 2.75) is 31.2 Å². The summed E-state index contributed by atoms with van der Waals surface area (Å²) < 4.78 is 23.8. The van der Waals surface area contributed by atoms with Gasteiger partial charge in [0, 0.05) is 0 Å². The van der Waals surface area contributed by atoms with Gasteiger partial charge >= 0.3 is 0 Å². The molecule has 0 saturated carbocycles. The first-order valence-electron chi connectivity index (χ1n) is 3.16. The van der Waals surface area contributed by atoms with Crippen LogP contribution >= 0.6 is 0 Å². The minimum Gasteiger partial charge on any atom is -0.387 e. The smallest absolute Gasteiger partial charge is 0.269 e. The molecular formula is C6H10F2O4. The zero-order valence-electron chi connectivity index (χ0n) is 6.32. The fourth-order valence-corrected chi connectivity index (χ4v) is 0.549. The molecule has 4 nitrogen and oxygen atoms in total. The van der Waals surface area contributed by atoms with Gasteiger partial charge in [0.05, 0.1) is 0 Å². The molecule has 3 N–H and O–H groups in total. The number of aldehydes is 1. The highest BCUT2D eigenvalue weighted by Crippen LogP contribution is 2.20. The number of halogens is 2. The van der Waals surface area contributed by atoms with Crippen LogP contribution in [0.4, 0.5) is 8.78 Å². The number of carbonyl (C=O) groups is 1. The van der Waals surface area contributed by atoms with Gasteiger partial charge in [-0.05, 0) is 6.92 Å². The minimum absolute atomic E-state index is 0.123. The Morgan fingerprint density at radius 3 is 2.08 bits per heavy atom. The van der Waals surface area contributed by atoms with E-state index in [4.69, 9.17) is 15.3 Å². The van der Waals surface area contributed by atoms with Gasteiger partial charge in [-0.2, -0.15) is 0 Å². The second-order valence-corrected chi connectivity index (χ2v) is 2.60. The molecule has 0 rings (SSSR count). The standard InChI is InChI=1S/C6H10F2O4/c1-6(12,5(7)8)4(11)3(10)2-9/h2-5,10-12H,1H3. The molecule has 0 aliphatic carbocycles. The molecule has 3 unspecified atom stereocenters. The lowest BCUT2D eigenvalue weighted by atomic mass is 9.96. The molecule has 0 fully saturated rings. The molecule has 72 valence electrons. The molecule has 0 bridgehead atoms. The summed E-state index contributed by atoms with van der Waals surface area (Å²) in [5.41, 5.74) is -2.78. The van der Waals surface area contributed by atoms with Gasteiger partial charge in [-0.15, -0.1) is 0 Å². The van der Waals surface area contributed by atoms with Crippen LogP contribution in [-0.2, 0) is 4.79 Å². The lowest BCUT2D eigenvalue weighted by molar-refractivity contribution is -0.178. The van der Waals surface area contributed by atoms with Gasteiger partial charge in [-0.25, -0.2) is 8.78 Å². The number of aliphatic hydroxyl groups is 3. The molecule has 6 heteroatoms. The number of rotatable bonds is 4. The van der Waals surface area contributed by atoms with Gasteiger partial charge < -0.3 is 20.1 Å². The number of hydrogen-bond donors (Lipinski definition) is 3. The molecule has 0 aromatic heterocycles. The van der Waals surface area contributed by atoms with E-state index in [9.17, 15) is 13.6 Å². The molecule has 0 aromatic carbocycles. The first-order chi connectivity index (χ1) is 5.34. The van der Waals surface area contributed by atoms with E-state index in [0.717, 1.165) is 0 Å². The van der Waals surface area contributed by atoms with Crippen molar-refractivity contribution in [2.75, 3.05) is 0 Å². The van der Waals surface area contributed by atoms with Crippen molar-refractivity contribution in [1.82, 2.24) is 0 Å². The highest BCUT2D eigenvalue weighted by atomic mass is 19.3. The van der Waals surface area contributed by atoms with E-state index in [2.05, 4.69) is 0 Å². The third-order valence-corrected chi connectivity index (χ3v) is 1.50. The number of alkyl halides is 2. The summed E-state index contributed by atoms with van der Waals surface area (Å²) >= 11 is 0. The Hall–Kier alpha value is -0.590. The molecular weight excluding hydrogens is 174 g/mol. The molecule has 0 radical (unpaired) electrons. The number of hydrogen-bond acceptors (Lipinski definition) is 4. The Labute approximate surface area is 67.4 Å². The van der Waals surface area contributed by atoms with Crippen molar-refractivity contribution in [3.63, 3.8) is 0 Å². The molecule has 3 atom stereocenters. The highest BCUT2D eigenvalue weighted by molar-refractivity contribution is 5.57. The summed E-state index contributed by atoms with van der Waals surface area (Å²) in [7, 11) is 0. The molecule has 0 amide bonds. The van der Waals surface area contributed by atoms with Crippen molar-refractivity contribution >= 4 is 6.29 Å². The fourth-order valence-electron chi connectivity index (χ4n) is 0.549. The maximum atomic E-state index is 11.9. The molecule has 0 aromatic rings. The quantitative estimate of drug-likeness (QED) is 0.486. The van der Waals surface area contributed by atoms with E-state index in [-0.39, 0.29) is 6.29 Å². The first kappa shape index (κ1) is 11.4. The number of aliphatic hydroxyl groups excluding tert-OH is 2. The van der Waals surface area contributed by atoms with Crippen molar-refractivity contribution in [1.29, 1.82) is 0 Å². The zero-order valence-corrected chi connectivity index (χ0v) is 6.32. The second-order valence-electron chi connectivity index (χ2n) is 2.60. The molecule has 0 heterocycles. The summed E-state index contributed by atoms with van der Waals surface area (Å²) in [4.78, 5) is 9.85. The van der Waals surface area contributed by atoms with Crippen molar-refractivity contribution in [3.05, 3.63) is 0 Å². The minimum atomic E-state index is -3.23. The highest BCUT2D eigenvalue weighted by Gasteiger charge is 2.43. The SMILES string of the molecule is CC(O)(C(F)F)C(O)C(O)C=O. The normalized spacial score (nSPS) is 21.6. The Bertz CT molecular complexity index is 160. The number of carbonyl (C=O) groups excluding carboxylic acids is 1. The van der Waals surface area contributed by atoms with Crippen LogP contribution in [0.5, 0.6) is 0 Å². The van der Waals surface area contributed by atoms with E-state index in [1.807, 2.05) is 0 Å². The predicted molar refractivity (Wildman–Crippen MR) is 34.7 cm³/mol. The predicted octanol–water partition coefficient (Wildman–Crippen LogP) is -1.08. The van der Waals surface area contributed by atoms with Crippen molar-refractivity contribution in [3.8, 4) is 0 Å². The third-order valence-electron chi connectivity index (χ3n) is 1.50. The van der Waals surface area contributed by atoms with Crippen LogP contribution in [0.25, 0.3) is 0 Å². The van der Waals surface area contributed by atoms with Crippen LogP contribution in [-0.4, -0.2) is 45.8 Å². The topological polar surface area (TPSA) is 77.8 Å². The monoisotopic (exact) mass is 184 g/mol. The Kier molecular flexibility index (Phi) is 3.69. The van der Waals surface area contributed by atoms with E-state index >= 15 is 0 Å². The van der Waals surface area contributed by atoms with E-state index in [1.165, 1.54) is 0 Å². The molecule has 0 aliphatic heterocycles. The summed E-state index contributed by atoms with van der Waals surface area (Å²) in [6.45, 7) is 0.634. The maximum absolute atomic E-state index is 11.9. The molecule has 0 saturated heterocycles. The second kappa shape index (κ2) is 3.88. The summed E-state index contributed by atoms with van der Waals surface area (Å²) in [5.74, 6) is 0. The molecule has 12 heavy (non-hydrogen) atoms.